The van der Waals surface area contributed by atoms with E-state index in [9.17, 15) is 0 Å². The molecule has 54 valence electrons. The van der Waals surface area contributed by atoms with Crippen LogP contribution in [0.25, 0.3) is 6.08 Å². The van der Waals surface area contributed by atoms with E-state index in [4.69, 9.17) is 23.2 Å². The van der Waals surface area contributed by atoms with Crippen molar-refractivity contribution in [3.63, 3.8) is 0 Å². The van der Waals surface area contributed by atoms with Gasteiger partial charge in [-0.15, -0.1) is 22.9 Å². The third-order valence-corrected chi connectivity index (χ3v) is 2.50. The van der Waals surface area contributed by atoms with Crippen LogP contribution in [0.2, 0.25) is 5.02 Å². The smallest absolute Gasteiger partial charge is 0.0586 e. The summed E-state index contributed by atoms with van der Waals surface area (Å²) in [6, 6.07) is 1.88. The first-order chi connectivity index (χ1) is 4.84. The fraction of sp³-hybridized carbons (Fsp3) is 0.143. The molecule has 0 aliphatic carbocycles. The van der Waals surface area contributed by atoms with Gasteiger partial charge < -0.3 is 0 Å². The Bertz CT molecular complexity index is 227. The number of allylic oxidation sites excluding steroid dienone is 1. The van der Waals surface area contributed by atoms with Crippen molar-refractivity contribution in [2.45, 2.75) is 0 Å². The van der Waals surface area contributed by atoms with Crippen LogP contribution in [0.4, 0.5) is 0 Å². The monoisotopic (exact) mass is 192 g/mol. The molecular weight excluding hydrogens is 187 g/mol. The summed E-state index contributed by atoms with van der Waals surface area (Å²) in [6.07, 6.45) is 3.80. The van der Waals surface area contributed by atoms with Crippen molar-refractivity contribution >= 4 is 40.6 Å². The molecule has 3 heteroatoms. The summed E-state index contributed by atoms with van der Waals surface area (Å²) in [5.41, 5.74) is 0. The van der Waals surface area contributed by atoms with Gasteiger partial charge in [-0.1, -0.05) is 17.7 Å². The van der Waals surface area contributed by atoms with E-state index in [1.807, 2.05) is 23.6 Å². The van der Waals surface area contributed by atoms with E-state index in [0.717, 1.165) is 9.90 Å². The second kappa shape index (κ2) is 4.02. The molecule has 0 saturated carbocycles. The van der Waals surface area contributed by atoms with Gasteiger partial charge in [-0.2, -0.15) is 0 Å². The van der Waals surface area contributed by atoms with Crippen molar-refractivity contribution < 1.29 is 0 Å². The fourth-order valence-corrected chi connectivity index (χ4v) is 1.71. The number of hydrogen-bond donors (Lipinski definition) is 0. The lowest BCUT2D eigenvalue weighted by Crippen LogP contribution is -1.62. The van der Waals surface area contributed by atoms with E-state index in [2.05, 4.69) is 0 Å². The van der Waals surface area contributed by atoms with Crippen LogP contribution in [-0.4, -0.2) is 5.88 Å². The Hall–Kier alpha value is 0.0200. The summed E-state index contributed by atoms with van der Waals surface area (Å²) in [5, 5.41) is 2.75. The summed E-state index contributed by atoms with van der Waals surface area (Å²) in [4.78, 5) is 1.07. The van der Waals surface area contributed by atoms with Gasteiger partial charge in [-0.3, -0.25) is 0 Å². The molecule has 0 fully saturated rings. The maximum absolute atomic E-state index is 5.79. The van der Waals surface area contributed by atoms with Crippen LogP contribution < -0.4 is 0 Å². The molecule has 0 aliphatic rings. The molecule has 0 bridgehead atoms. The van der Waals surface area contributed by atoms with E-state index in [0.29, 0.717) is 5.88 Å². The molecule has 1 aromatic heterocycles. The standard InChI is InChI=1S/C7H6Cl2S/c8-4-1-2-7-6(9)3-5-10-7/h1-3,5H,4H2. The zero-order valence-corrected chi connectivity index (χ0v) is 7.51. The van der Waals surface area contributed by atoms with Crippen molar-refractivity contribution in [2.24, 2.45) is 0 Å². The maximum atomic E-state index is 5.79. The van der Waals surface area contributed by atoms with Crippen LogP contribution in [0.3, 0.4) is 0 Å². The minimum absolute atomic E-state index is 0.536. The van der Waals surface area contributed by atoms with E-state index in [-0.39, 0.29) is 0 Å². The van der Waals surface area contributed by atoms with E-state index < -0.39 is 0 Å². The van der Waals surface area contributed by atoms with Gasteiger partial charge in [0.05, 0.1) is 5.02 Å². The lowest BCUT2D eigenvalue weighted by molar-refractivity contribution is 1.79. The van der Waals surface area contributed by atoms with E-state index >= 15 is 0 Å². The number of halogens is 2. The highest BCUT2D eigenvalue weighted by atomic mass is 35.5. The molecule has 0 radical (unpaired) electrons. The van der Waals surface area contributed by atoms with Crippen molar-refractivity contribution in [1.82, 2.24) is 0 Å². The molecule has 0 amide bonds. The molecule has 0 atom stereocenters. The third-order valence-electron chi connectivity index (χ3n) is 1.00. The average molecular weight is 193 g/mol. The molecule has 0 aromatic carbocycles. The van der Waals surface area contributed by atoms with Gasteiger partial charge in [0.15, 0.2) is 0 Å². The molecule has 10 heavy (non-hydrogen) atoms. The first-order valence-electron chi connectivity index (χ1n) is 2.80. The molecule has 0 aliphatic heterocycles. The van der Waals surface area contributed by atoms with Gasteiger partial charge in [-0.25, -0.2) is 0 Å². The number of alkyl halides is 1. The maximum Gasteiger partial charge on any atom is 0.0586 e. The van der Waals surface area contributed by atoms with Gasteiger partial charge >= 0.3 is 0 Å². The van der Waals surface area contributed by atoms with Crippen molar-refractivity contribution in [3.05, 3.63) is 27.4 Å². The Labute approximate surface area is 74.1 Å². The topological polar surface area (TPSA) is 0 Å². The van der Waals surface area contributed by atoms with Gasteiger partial charge in [-0.05, 0) is 17.5 Å². The molecule has 0 unspecified atom stereocenters. The average Bonchev–Trinajstić information content (AvgIpc) is 2.31. The Morgan fingerprint density at radius 1 is 1.60 bits per heavy atom. The predicted octanol–water partition coefficient (Wildman–Crippen LogP) is 3.65. The van der Waals surface area contributed by atoms with E-state index in [1.165, 1.54) is 0 Å². The summed E-state index contributed by atoms with van der Waals surface area (Å²) in [7, 11) is 0. The molecule has 0 nitrogen and oxygen atoms in total. The molecule has 1 heterocycles. The summed E-state index contributed by atoms with van der Waals surface area (Å²) < 4.78 is 0. The summed E-state index contributed by atoms with van der Waals surface area (Å²) in [5.74, 6) is 0.536. The highest BCUT2D eigenvalue weighted by molar-refractivity contribution is 7.11. The molecule has 0 N–H and O–H groups in total. The summed E-state index contributed by atoms with van der Waals surface area (Å²) >= 11 is 12.8. The zero-order valence-electron chi connectivity index (χ0n) is 5.18. The third kappa shape index (κ3) is 2.01. The first kappa shape index (κ1) is 8.12. The Morgan fingerprint density at radius 3 is 2.90 bits per heavy atom. The number of thiophene rings is 1. The largest absolute Gasteiger partial charge is 0.143 e. The van der Waals surface area contributed by atoms with Crippen LogP contribution in [0.1, 0.15) is 4.88 Å². The first-order valence-corrected chi connectivity index (χ1v) is 4.59. The van der Waals surface area contributed by atoms with Gasteiger partial charge in [0.25, 0.3) is 0 Å². The van der Waals surface area contributed by atoms with Crippen molar-refractivity contribution in [2.75, 3.05) is 5.88 Å². The molecule has 1 aromatic rings. The van der Waals surface area contributed by atoms with E-state index in [1.54, 1.807) is 11.3 Å². The van der Waals surface area contributed by atoms with Gasteiger partial charge in [0.1, 0.15) is 0 Å². The number of rotatable bonds is 2. The van der Waals surface area contributed by atoms with Crippen molar-refractivity contribution in [1.29, 1.82) is 0 Å². The Kier molecular flexibility index (Phi) is 3.26. The van der Waals surface area contributed by atoms with Crippen LogP contribution in [-0.2, 0) is 0 Å². The predicted molar refractivity (Wildman–Crippen MR) is 49.1 cm³/mol. The van der Waals surface area contributed by atoms with Crippen LogP contribution in [0.15, 0.2) is 17.5 Å². The second-order valence-electron chi connectivity index (χ2n) is 1.69. The molecule has 0 saturated heterocycles. The quantitative estimate of drug-likeness (QED) is 0.629. The highest BCUT2D eigenvalue weighted by Crippen LogP contribution is 2.22. The Morgan fingerprint density at radius 2 is 2.40 bits per heavy atom. The SMILES string of the molecule is ClCC=Cc1sccc1Cl. The number of hydrogen-bond acceptors (Lipinski definition) is 1. The lowest BCUT2D eigenvalue weighted by atomic mass is 10.4. The van der Waals surface area contributed by atoms with Crippen LogP contribution in [0.5, 0.6) is 0 Å². The minimum atomic E-state index is 0.536. The van der Waals surface area contributed by atoms with Gasteiger partial charge in [0.2, 0.25) is 0 Å². The lowest BCUT2D eigenvalue weighted by Gasteiger charge is -1.83. The van der Waals surface area contributed by atoms with Crippen LogP contribution in [0, 0.1) is 0 Å². The molecule has 0 spiro atoms. The minimum Gasteiger partial charge on any atom is -0.143 e. The normalized spacial score (nSPS) is 11.0. The zero-order chi connectivity index (χ0) is 7.40. The second-order valence-corrected chi connectivity index (χ2v) is 3.35. The van der Waals surface area contributed by atoms with Crippen LogP contribution >= 0.6 is 34.5 Å². The molecule has 1 rings (SSSR count). The summed E-state index contributed by atoms with van der Waals surface area (Å²) in [6.45, 7) is 0. The Balaban J connectivity index is 2.74. The van der Waals surface area contributed by atoms with Gasteiger partial charge in [0, 0.05) is 10.8 Å². The van der Waals surface area contributed by atoms with Crippen molar-refractivity contribution in [3.8, 4) is 0 Å². The fourth-order valence-electron chi connectivity index (χ4n) is 0.576. The highest BCUT2D eigenvalue weighted by Gasteiger charge is 1.94. The molecular formula is C7H6Cl2S.